The Balaban J connectivity index is 1.29. The van der Waals surface area contributed by atoms with Crippen LogP contribution in [0.25, 0.3) is 5.69 Å². The Morgan fingerprint density at radius 2 is 1.86 bits per heavy atom. The molecule has 3 aromatic rings. The van der Waals surface area contributed by atoms with E-state index in [4.69, 9.17) is 0 Å². The molecular formula is C23H25N5O. The van der Waals surface area contributed by atoms with Crippen molar-refractivity contribution < 1.29 is 4.79 Å². The molecule has 2 atom stereocenters. The van der Waals surface area contributed by atoms with Gasteiger partial charge in [-0.05, 0) is 42.7 Å². The number of nitrogens with zero attached hydrogens (tertiary/aromatic N) is 5. The molecule has 0 aliphatic carbocycles. The summed E-state index contributed by atoms with van der Waals surface area (Å²) in [6, 6.07) is 14.8. The zero-order valence-electron chi connectivity index (χ0n) is 16.4. The summed E-state index contributed by atoms with van der Waals surface area (Å²) in [5.74, 6) is 0.396. The molecule has 6 heteroatoms. The minimum atomic E-state index is 0.0997. The highest BCUT2D eigenvalue weighted by Crippen LogP contribution is 2.31. The summed E-state index contributed by atoms with van der Waals surface area (Å²) in [5.41, 5.74) is 3.35. The topological polar surface area (TPSA) is 54.3 Å². The highest BCUT2D eigenvalue weighted by atomic mass is 16.2. The molecule has 0 radical (unpaired) electrons. The highest BCUT2D eigenvalue weighted by molar-refractivity contribution is 5.80. The van der Waals surface area contributed by atoms with Gasteiger partial charge in [0.05, 0.1) is 24.5 Å². The number of pyridine rings is 1. The van der Waals surface area contributed by atoms with Crippen molar-refractivity contribution in [2.45, 2.75) is 32.0 Å². The fraction of sp³-hybridized carbons (Fsp3) is 0.348. The van der Waals surface area contributed by atoms with Crippen LogP contribution in [0.1, 0.15) is 24.1 Å². The number of hydrogen-bond donors (Lipinski definition) is 0. The summed E-state index contributed by atoms with van der Waals surface area (Å²) in [7, 11) is 0. The zero-order valence-corrected chi connectivity index (χ0v) is 16.4. The molecule has 0 saturated carbocycles. The second-order valence-corrected chi connectivity index (χ2v) is 8.05. The SMILES string of the molecule is O=C1[C@H]2CC[C@H](CN(Cc3ccc(-n4ccnc4)cc3)C2)N1Cc1ccccn1. The van der Waals surface area contributed by atoms with Crippen LogP contribution in [0.5, 0.6) is 0 Å². The molecule has 0 N–H and O–H groups in total. The van der Waals surface area contributed by atoms with Gasteiger partial charge in [-0.3, -0.25) is 14.7 Å². The van der Waals surface area contributed by atoms with E-state index in [0.29, 0.717) is 12.5 Å². The highest BCUT2D eigenvalue weighted by Gasteiger charge is 2.40. The Bertz CT molecular complexity index is 955. The lowest BCUT2D eigenvalue weighted by atomic mass is 9.94. The molecule has 1 amide bonds. The fourth-order valence-corrected chi connectivity index (χ4v) is 4.58. The second-order valence-electron chi connectivity index (χ2n) is 8.05. The van der Waals surface area contributed by atoms with Gasteiger partial charge < -0.3 is 9.47 Å². The lowest BCUT2D eigenvalue weighted by Crippen LogP contribution is -2.47. The van der Waals surface area contributed by atoms with Crippen LogP contribution in [-0.2, 0) is 17.9 Å². The number of piperidine rings is 1. The first kappa shape index (κ1) is 18.1. The maximum atomic E-state index is 13.0. The summed E-state index contributed by atoms with van der Waals surface area (Å²) < 4.78 is 2.00. The van der Waals surface area contributed by atoms with Gasteiger partial charge in [-0.15, -0.1) is 0 Å². The summed E-state index contributed by atoms with van der Waals surface area (Å²) in [4.78, 5) is 26.1. The predicted octanol–water partition coefficient (Wildman–Crippen LogP) is 2.89. The molecule has 0 spiro atoms. The Labute approximate surface area is 170 Å². The molecule has 3 aliphatic rings. The van der Waals surface area contributed by atoms with E-state index in [1.807, 2.05) is 35.3 Å². The third-order valence-electron chi connectivity index (χ3n) is 6.07. The normalized spacial score (nSPS) is 22.1. The number of imidazole rings is 1. The van der Waals surface area contributed by atoms with Crippen LogP contribution in [-0.4, -0.2) is 49.4 Å². The van der Waals surface area contributed by atoms with Crippen molar-refractivity contribution in [2.24, 2.45) is 5.92 Å². The van der Waals surface area contributed by atoms with E-state index in [1.165, 1.54) is 5.56 Å². The molecule has 3 fully saturated rings. The first-order chi connectivity index (χ1) is 14.3. The molecular weight excluding hydrogens is 362 g/mol. The van der Waals surface area contributed by atoms with Gasteiger partial charge in [-0.1, -0.05) is 18.2 Å². The van der Waals surface area contributed by atoms with E-state index >= 15 is 0 Å². The Morgan fingerprint density at radius 1 is 0.966 bits per heavy atom. The largest absolute Gasteiger partial charge is 0.332 e. The van der Waals surface area contributed by atoms with Gasteiger partial charge in [0, 0.05) is 50.0 Å². The van der Waals surface area contributed by atoms with Crippen LogP contribution >= 0.6 is 0 Å². The molecule has 0 unspecified atom stereocenters. The average molecular weight is 387 g/mol. The quantitative estimate of drug-likeness (QED) is 0.676. The molecule has 1 aromatic carbocycles. The standard InChI is InChI=1S/C23H25N5O/c29-23-19-6-9-22(28(23)15-20-3-1-2-10-25-20)16-26(14-19)13-18-4-7-21(8-5-18)27-12-11-24-17-27/h1-5,7-8,10-12,17,19,22H,6,9,13-16H2/t19-,22+/m0/s1. The van der Waals surface area contributed by atoms with Gasteiger partial charge >= 0.3 is 0 Å². The minimum absolute atomic E-state index is 0.0997. The molecule has 2 bridgehead atoms. The number of benzene rings is 1. The van der Waals surface area contributed by atoms with Gasteiger partial charge in [0.2, 0.25) is 5.91 Å². The monoisotopic (exact) mass is 387 g/mol. The van der Waals surface area contributed by atoms with Crippen molar-refractivity contribution in [2.75, 3.05) is 13.1 Å². The number of hydrogen-bond acceptors (Lipinski definition) is 4. The van der Waals surface area contributed by atoms with E-state index in [2.05, 4.69) is 44.0 Å². The van der Waals surface area contributed by atoms with Crippen molar-refractivity contribution in [3.8, 4) is 5.69 Å². The Kier molecular flexibility index (Phi) is 4.86. The number of rotatable bonds is 5. The van der Waals surface area contributed by atoms with E-state index in [0.717, 1.165) is 43.9 Å². The predicted molar refractivity (Wildman–Crippen MR) is 110 cm³/mol. The van der Waals surface area contributed by atoms with Crippen LogP contribution in [0, 0.1) is 5.92 Å². The number of fused-ring (bicyclic) bond motifs is 4. The van der Waals surface area contributed by atoms with Gasteiger partial charge in [-0.25, -0.2) is 4.98 Å². The lowest BCUT2D eigenvalue weighted by molar-refractivity contribution is -0.140. The van der Waals surface area contributed by atoms with Gasteiger partial charge in [0.25, 0.3) is 0 Å². The van der Waals surface area contributed by atoms with Crippen molar-refractivity contribution >= 4 is 5.91 Å². The van der Waals surface area contributed by atoms with E-state index in [1.54, 1.807) is 12.4 Å². The van der Waals surface area contributed by atoms with Crippen molar-refractivity contribution in [3.63, 3.8) is 0 Å². The van der Waals surface area contributed by atoms with Crippen molar-refractivity contribution in [1.29, 1.82) is 0 Å². The smallest absolute Gasteiger partial charge is 0.227 e. The number of carbonyl (C=O) groups is 1. The molecule has 6 nitrogen and oxygen atoms in total. The molecule has 5 heterocycles. The number of amides is 1. The third-order valence-corrected chi connectivity index (χ3v) is 6.07. The molecule has 3 aliphatic heterocycles. The number of aromatic nitrogens is 3. The Morgan fingerprint density at radius 3 is 2.62 bits per heavy atom. The summed E-state index contributed by atoms with van der Waals surface area (Å²) in [6.07, 6.45) is 9.43. The maximum absolute atomic E-state index is 13.0. The molecule has 6 rings (SSSR count). The van der Waals surface area contributed by atoms with Crippen LogP contribution in [0.4, 0.5) is 0 Å². The Hall–Kier alpha value is -2.99. The third kappa shape index (κ3) is 3.80. The summed E-state index contributed by atoms with van der Waals surface area (Å²) in [5, 5.41) is 0. The molecule has 2 aromatic heterocycles. The van der Waals surface area contributed by atoms with Crippen LogP contribution in [0.15, 0.2) is 67.4 Å². The fourth-order valence-electron chi connectivity index (χ4n) is 4.58. The van der Waals surface area contributed by atoms with Crippen LogP contribution in [0.3, 0.4) is 0 Å². The van der Waals surface area contributed by atoms with Gasteiger partial charge in [0.15, 0.2) is 0 Å². The van der Waals surface area contributed by atoms with Gasteiger partial charge in [0.1, 0.15) is 0 Å². The van der Waals surface area contributed by atoms with Crippen LogP contribution in [0.2, 0.25) is 0 Å². The van der Waals surface area contributed by atoms with E-state index in [9.17, 15) is 4.79 Å². The summed E-state index contributed by atoms with van der Waals surface area (Å²) >= 11 is 0. The summed E-state index contributed by atoms with van der Waals surface area (Å²) in [6.45, 7) is 3.27. The molecule has 29 heavy (non-hydrogen) atoms. The number of carbonyl (C=O) groups excluding carboxylic acids is 1. The van der Waals surface area contributed by atoms with Crippen molar-refractivity contribution in [3.05, 3.63) is 78.6 Å². The second kappa shape index (κ2) is 7.79. The van der Waals surface area contributed by atoms with Crippen molar-refractivity contribution in [1.82, 2.24) is 24.3 Å². The lowest BCUT2D eigenvalue weighted by Gasteiger charge is -2.35. The van der Waals surface area contributed by atoms with E-state index in [-0.39, 0.29) is 12.0 Å². The molecule has 3 saturated heterocycles. The van der Waals surface area contributed by atoms with Crippen LogP contribution < -0.4 is 0 Å². The van der Waals surface area contributed by atoms with Gasteiger partial charge in [-0.2, -0.15) is 0 Å². The first-order valence-electron chi connectivity index (χ1n) is 10.3. The van der Waals surface area contributed by atoms with E-state index < -0.39 is 0 Å². The molecule has 148 valence electrons. The first-order valence-corrected chi connectivity index (χ1v) is 10.3. The zero-order chi connectivity index (χ0) is 19.6. The average Bonchev–Trinajstić information content (AvgIpc) is 3.17. The minimum Gasteiger partial charge on any atom is -0.332 e. The maximum Gasteiger partial charge on any atom is 0.227 e.